The third kappa shape index (κ3) is 3.80. The molecule has 0 unspecified atom stereocenters. The van der Waals surface area contributed by atoms with E-state index in [-0.39, 0.29) is 12.0 Å². The molecule has 154 valence electrons. The van der Waals surface area contributed by atoms with Crippen molar-refractivity contribution in [2.45, 2.75) is 19.4 Å². The molecular weight excluding hydrogens is 388 g/mol. The van der Waals surface area contributed by atoms with Crippen LogP contribution in [0.3, 0.4) is 0 Å². The van der Waals surface area contributed by atoms with Crippen LogP contribution in [-0.2, 0) is 6.42 Å². The van der Waals surface area contributed by atoms with Gasteiger partial charge in [-0.3, -0.25) is 9.78 Å². The molecule has 0 saturated carbocycles. The number of hydrogen-bond donors (Lipinski definition) is 1. The van der Waals surface area contributed by atoms with E-state index >= 15 is 0 Å². The fraction of sp³-hybridized carbons (Fsp3) is 0.160. The number of aryl methyl sites for hydroxylation is 1. The minimum Gasteiger partial charge on any atom is -0.487 e. The molecule has 1 aliphatic rings. The van der Waals surface area contributed by atoms with Crippen LogP contribution >= 0.6 is 0 Å². The maximum atomic E-state index is 12.7. The Hall–Kier alpha value is -3.93. The molecule has 1 amide bonds. The number of benzene rings is 2. The molecule has 3 heterocycles. The molecule has 0 spiro atoms. The Morgan fingerprint density at radius 3 is 2.87 bits per heavy atom. The van der Waals surface area contributed by atoms with E-state index in [2.05, 4.69) is 21.5 Å². The van der Waals surface area contributed by atoms with Gasteiger partial charge in [-0.05, 0) is 54.4 Å². The zero-order chi connectivity index (χ0) is 21.2. The summed E-state index contributed by atoms with van der Waals surface area (Å²) in [5.74, 6) is 0.735. The molecular formula is C25H22N4O2. The molecule has 6 heteroatoms. The van der Waals surface area contributed by atoms with Crippen molar-refractivity contribution in [1.29, 1.82) is 0 Å². The van der Waals surface area contributed by atoms with Crippen molar-refractivity contribution in [3.8, 4) is 22.7 Å². The fourth-order valence-corrected chi connectivity index (χ4v) is 3.93. The van der Waals surface area contributed by atoms with E-state index in [1.807, 2.05) is 61.7 Å². The van der Waals surface area contributed by atoms with Crippen LogP contribution in [0.15, 0.2) is 79.3 Å². The summed E-state index contributed by atoms with van der Waals surface area (Å²) in [6.45, 7) is 2.48. The fourth-order valence-electron chi connectivity index (χ4n) is 3.93. The topological polar surface area (TPSA) is 69.0 Å². The third-order valence-electron chi connectivity index (χ3n) is 5.46. The number of amides is 1. The summed E-state index contributed by atoms with van der Waals surface area (Å²) in [5, 5.41) is 7.23. The highest BCUT2D eigenvalue weighted by Crippen LogP contribution is 2.38. The first-order valence-electron chi connectivity index (χ1n) is 10.3. The van der Waals surface area contributed by atoms with Crippen molar-refractivity contribution in [1.82, 2.24) is 20.1 Å². The van der Waals surface area contributed by atoms with Gasteiger partial charge in [0, 0.05) is 36.1 Å². The monoisotopic (exact) mass is 410 g/mol. The Kier molecular flexibility index (Phi) is 4.96. The van der Waals surface area contributed by atoms with Gasteiger partial charge in [0.05, 0.1) is 17.9 Å². The van der Waals surface area contributed by atoms with Gasteiger partial charge in [0.15, 0.2) is 0 Å². The van der Waals surface area contributed by atoms with Gasteiger partial charge in [-0.25, -0.2) is 4.68 Å². The lowest BCUT2D eigenvalue weighted by atomic mass is 10.0. The number of nitrogens with one attached hydrogen (secondary N) is 1. The Morgan fingerprint density at radius 1 is 1.13 bits per heavy atom. The van der Waals surface area contributed by atoms with Crippen LogP contribution in [0.2, 0.25) is 0 Å². The lowest BCUT2D eigenvalue weighted by Gasteiger charge is -2.14. The number of carbonyl (C=O) groups excluding carboxylic acids is 1. The van der Waals surface area contributed by atoms with E-state index in [1.54, 1.807) is 23.1 Å². The van der Waals surface area contributed by atoms with Crippen molar-refractivity contribution in [2.24, 2.45) is 0 Å². The predicted octanol–water partition coefficient (Wildman–Crippen LogP) is 3.98. The van der Waals surface area contributed by atoms with Gasteiger partial charge >= 0.3 is 0 Å². The molecule has 0 aliphatic carbocycles. The molecule has 6 nitrogen and oxygen atoms in total. The van der Waals surface area contributed by atoms with E-state index in [0.29, 0.717) is 12.1 Å². The van der Waals surface area contributed by atoms with Crippen LogP contribution in [0.25, 0.3) is 16.9 Å². The average Bonchev–Trinajstić information content (AvgIpc) is 3.48. The van der Waals surface area contributed by atoms with Gasteiger partial charge in [0.2, 0.25) is 0 Å². The van der Waals surface area contributed by atoms with E-state index < -0.39 is 0 Å². The first kappa shape index (κ1) is 19.1. The molecule has 0 radical (unpaired) electrons. The Morgan fingerprint density at radius 2 is 2.03 bits per heavy atom. The number of hydrogen-bond acceptors (Lipinski definition) is 4. The summed E-state index contributed by atoms with van der Waals surface area (Å²) in [7, 11) is 0. The predicted molar refractivity (Wildman–Crippen MR) is 118 cm³/mol. The van der Waals surface area contributed by atoms with Gasteiger partial charge in [0.1, 0.15) is 11.9 Å². The minimum absolute atomic E-state index is 0.113. The molecule has 0 fully saturated rings. The molecule has 0 bridgehead atoms. The third-order valence-corrected chi connectivity index (χ3v) is 5.46. The summed E-state index contributed by atoms with van der Waals surface area (Å²) >= 11 is 0. The van der Waals surface area contributed by atoms with Crippen LogP contribution in [0.4, 0.5) is 0 Å². The van der Waals surface area contributed by atoms with Crippen LogP contribution in [0, 0.1) is 6.92 Å². The molecule has 5 rings (SSSR count). The van der Waals surface area contributed by atoms with Gasteiger partial charge < -0.3 is 10.1 Å². The molecule has 4 aromatic rings. The number of para-hydroxylation sites is 1. The number of carbonyl (C=O) groups is 1. The number of ether oxygens (including phenoxy) is 1. The molecule has 1 aliphatic heterocycles. The normalized spacial score (nSPS) is 14.7. The highest BCUT2D eigenvalue weighted by Gasteiger charge is 2.27. The minimum atomic E-state index is -0.130. The number of pyridine rings is 1. The summed E-state index contributed by atoms with van der Waals surface area (Å²) < 4.78 is 7.98. The average molecular weight is 410 g/mol. The quantitative estimate of drug-likeness (QED) is 0.540. The summed E-state index contributed by atoms with van der Waals surface area (Å²) in [5.41, 5.74) is 5.61. The number of fused-ring (bicyclic) bond motifs is 1. The zero-order valence-electron chi connectivity index (χ0n) is 17.2. The smallest absolute Gasteiger partial charge is 0.251 e. The van der Waals surface area contributed by atoms with Crippen LogP contribution < -0.4 is 10.1 Å². The molecule has 1 atom stereocenters. The van der Waals surface area contributed by atoms with Gasteiger partial charge in [-0.1, -0.05) is 24.3 Å². The Bertz CT molecular complexity index is 1230. The van der Waals surface area contributed by atoms with E-state index in [4.69, 9.17) is 4.74 Å². The van der Waals surface area contributed by atoms with Crippen molar-refractivity contribution < 1.29 is 9.53 Å². The van der Waals surface area contributed by atoms with Gasteiger partial charge in [0.25, 0.3) is 5.91 Å². The lowest BCUT2D eigenvalue weighted by Crippen LogP contribution is -2.34. The van der Waals surface area contributed by atoms with Crippen molar-refractivity contribution >= 4 is 5.91 Å². The molecule has 0 saturated heterocycles. The molecule has 1 N–H and O–H groups in total. The van der Waals surface area contributed by atoms with Crippen LogP contribution in [0.1, 0.15) is 21.5 Å². The maximum Gasteiger partial charge on any atom is 0.251 e. The van der Waals surface area contributed by atoms with Crippen molar-refractivity contribution in [2.75, 3.05) is 6.54 Å². The lowest BCUT2D eigenvalue weighted by molar-refractivity contribution is 0.0933. The first-order chi connectivity index (χ1) is 15.2. The first-order valence-corrected chi connectivity index (χ1v) is 10.3. The van der Waals surface area contributed by atoms with E-state index in [0.717, 1.165) is 40.2 Å². The summed E-state index contributed by atoms with van der Waals surface area (Å²) in [6, 6.07) is 19.4. The standard InChI is InChI=1S/C25H22N4O2/c1-17-6-4-11-26-23(17)22-10-3-7-18-15-21(31-24(18)22)16-27-25(30)19-8-2-9-20(14-19)29-13-5-12-28-29/h2-14,21H,15-16H2,1H3,(H,27,30)/t21-/m1/s1. The Labute approximate surface area is 180 Å². The maximum absolute atomic E-state index is 12.7. The second-order valence-corrected chi connectivity index (χ2v) is 7.62. The summed E-state index contributed by atoms with van der Waals surface area (Å²) in [4.78, 5) is 17.3. The number of aromatic nitrogens is 3. The van der Waals surface area contributed by atoms with Gasteiger partial charge in [-0.15, -0.1) is 0 Å². The molecule has 31 heavy (non-hydrogen) atoms. The second kappa shape index (κ2) is 8.07. The van der Waals surface area contributed by atoms with Crippen LogP contribution in [0.5, 0.6) is 5.75 Å². The second-order valence-electron chi connectivity index (χ2n) is 7.62. The molecule has 2 aromatic heterocycles. The van der Waals surface area contributed by atoms with Crippen molar-refractivity contribution in [3.05, 3.63) is 95.9 Å². The van der Waals surface area contributed by atoms with Crippen molar-refractivity contribution in [3.63, 3.8) is 0 Å². The van der Waals surface area contributed by atoms with Crippen LogP contribution in [-0.4, -0.2) is 33.3 Å². The Balaban J connectivity index is 1.28. The summed E-state index contributed by atoms with van der Waals surface area (Å²) in [6.07, 6.45) is 6.00. The van der Waals surface area contributed by atoms with E-state index in [9.17, 15) is 4.79 Å². The zero-order valence-corrected chi connectivity index (χ0v) is 17.2. The highest BCUT2D eigenvalue weighted by molar-refractivity contribution is 5.94. The van der Waals surface area contributed by atoms with E-state index in [1.165, 1.54) is 0 Å². The SMILES string of the molecule is Cc1cccnc1-c1cccc2c1O[C@@H](CNC(=O)c1cccc(-n3cccn3)c1)C2. The number of rotatable bonds is 5. The highest BCUT2D eigenvalue weighted by atomic mass is 16.5. The number of nitrogens with zero attached hydrogens (tertiary/aromatic N) is 3. The molecule has 2 aromatic carbocycles. The largest absolute Gasteiger partial charge is 0.487 e. The van der Waals surface area contributed by atoms with Gasteiger partial charge in [-0.2, -0.15) is 5.10 Å².